The molecule has 1 rings (SSSR count). The van der Waals surface area contributed by atoms with E-state index in [-0.39, 0.29) is 5.56 Å². The largest absolute Gasteiger partial charge is 0.407 e. The van der Waals surface area contributed by atoms with Gasteiger partial charge in [0.25, 0.3) is 0 Å². The van der Waals surface area contributed by atoms with Crippen LogP contribution < -0.4 is 5.32 Å². The lowest BCUT2D eigenvalue weighted by Crippen LogP contribution is -2.31. The topological polar surface area (TPSA) is 24.9 Å². The van der Waals surface area contributed by atoms with E-state index in [0.717, 1.165) is 0 Å². The number of halogens is 4. The molecule has 1 atom stereocenters. The van der Waals surface area contributed by atoms with E-state index >= 15 is 0 Å². The van der Waals surface area contributed by atoms with Crippen molar-refractivity contribution in [2.75, 3.05) is 7.05 Å². The van der Waals surface area contributed by atoms with Crippen LogP contribution in [0.25, 0.3) is 0 Å². The van der Waals surface area contributed by atoms with Crippen molar-refractivity contribution < 1.29 is 13.2 Å². The number of hydrogen-bond donors (Lipinski definition) is 1. The van der Waals surface area contributed by atoms with Crippen LogP contribution in [-0.4, -0.2) is 18.2 Å². The van der Waals surface area contributed by atoms with E-state index in [1.54, 1.807) is 0 Å². The van der Waals surface area contributed by atoms with Gasteiger partial charge in [-0.05, 0) is 40.7 Å². The Kier molecular flexibility index (Phi) is 3.49. The van der Waals surface area contributed by atoms with Crippen LogP contribution in [-0.2, 0) is 0 Å². The van der Waals surface area contributed by atoms with Gasteiger partial charge in [0.15, 0.2) is 0 Å². The Bertz CT molecular complexity index is 314. The third kappa shape index (κ3) is 2.68. The van der Waals surface area contributed by atoms with E-state index in [1.165, 1.54) is 25.4 Å². The minimum atomic E-state index is -4.30. The van der Waals surface area contributed by atoms with Crippen molar-refractivity contribution in [3.8, 4) is 0 Å². The Morgan fingerprint density at radius 2 is 2.14 bits per heavy atom. The van der Waals surface area contributed by atoms with E-state index in [2.05, 4.69) is 26.2 Å². The molecule has 0 saturated carbocycles. The second kappa shape index (κ2) is 4.27. The zero-order valence-electron chi connectivity index (χ0n) is 7.27. The fourth-order valence-electron chi connectivity index (χ4n) is 1.12. The third-order valence-corrected chi connectivity index (χ3v) is 2.13. The molecule has 1 heterocycles. The highest BCUT2D eigenvalue weighted by Gasteiger charge is 2.39. The zero-order valence-corrected chi connectivity index (χ0v) is 8.85. The van der Waals surface area contributed by atoms with Crippen LogP contribution in [0.15, 0.2) is 22.9 Å². The Hall–Kier alpha value is -0.620. The third-order valence-electron chi connectivity index (χ3n) is 1.70. The number of alkyl halides is 3. The Morgan fingerprint density at radius 1 is 1.50 bits per heavy atom. The van der Waals surface area contributed by atoms with E-state index in [9.17, 15) is 13.2 Å². The number of nitrogens with zero attached hydrogens (tertiary/aromatic N) is 1. The molecular weight excluding hydrogens is 261 g/mol. The van der Waals surface area contributed by atoms with Gasteiger partial charge in [-0.2, -0.15) is 13.2 Å². The maximum Gasteiger partial charge on any atom is 0.407 e. The molecule has 78 valence electrons. The van der Waals surface area contributed by atoms with E-state index in [1.807, 2.05) is 0 Å². The number of nitrogens with one attached hydrogen (secondary N) is 1. The van der Waals surface area contributed by atoms with Gasteiger partial charge in [0.05, 0.1) is 0 Å². The second-order valence-corrected chi connectivity index (χ2v) is 3.49. The monoisotopic (exact) mass is 268 g/mol. The highest BCUT2D eigenvalue weighted by molar-refractivity contribution is 9.10. The van der Waals surface area contributed by atoms with Crippen molar-refractivity contribution in [2.45, 2.75) is 12.2 Å². The van der Waals surface area contributed by atoms with E-state index in [0.29, 0.717) is 4.60 Å². The first-order valence-corrected chi connectivity index (χ1v) is 4.60. The molecule has 1 N–H and O–H groups in total. The fraction of sp³-hybridized carbons (Fsp3) is 0.375. The minimum absolute atomic E-state index is 0.141. The second-order valence-electron chi connectivity index (χ2n) is 2.68. The Labute approximate surface area is 87.7 Å². The van der Waals surface area contributed by atoms with Crippen molar-refractivity contribution in [1.82, 2.24) is 10.3 Å². The van der Waals surface area contributed by atoms with Crippen LogP contribution in [0.2, 0.25) is 0 Å². The molecule has 0 bridgehead atoms. The Balaban J connectivity index is 3.01. The maximum absolute atomic E-state index is 12.4. The molecule has 0 aliphatic heterocycles. The molecule has 1 aromatic rings. The first-order chi connectivity index (χ1) is 6.45. The molecule has 1 aromatic heterocycles. The molecule has 0 saturated heterocycles. The molecule has 0 fully saturated rings. The summed E-state index contributed by atoms with van der Waals surface area (Å²) in [5, 5.41) is 2.21. The van der Waals surface area contributed by atoms with E-state index < -0.39 is 12.2 Å². The average molecular weight is 269 g/mol. The van der Waals surface area contributed by atoms with Gasteiger partial charge in [0.1, 0.15) is 10.6 Å². The molecule has 0 aliphatic carbocycles. The summed E-state index contributed by atoms with van der Waals surface area (Å²) in [5.74, 6) is 0. The summed E-state index contributed by atoms with van der Waals surface area (Å²) < 4.78 is 37.7. The first-order valence-electron chi connectivity index (χ1n) is 3.80. The SMILES string of the molecule is CNC(c1ccnc(Br)c1)C(F)(F)F. The normalized spacial score (nSPS) is 14.1. The van der Waals surface area contributed by atoms with Gasteiger partial charge in [-0.1, -0.05) is 0 Å². The molecular formula is C8H8BrF3N2. The molecule has 1 unspecified atom stereocenters. The van der Waals surface area contributed by atoms with Crippen LogP contribution in [0.3, 0.4) is 0 Å². The first kappa shape index (κ1) is 11.5. The predicted octanol–water partition coefficient (Wildman–Crippen LogP) is 2.67. The smallest absolute Gasteiger partial charge is 0.306 e. The van der Waals surface area contributed by atoms with Gasteiger partial charge < -0.3 is 5.32 Å². The summed E-state index contributed by atoms with van der Waals surface area (Å²) in [6, 6.07) is 1.02. The lowest BCUT2D eigenvalue weighted by atomic mass is 10.1. The van der Waals surface area contributed by atoms with Gasteiger partial charge in [-0.25, -0.2) is 4.98 Å². The van der Waals surface area contributed by atoms with Crippen LogP contribution in [0.5, 0.6) is 0 Å². The molecule has 0 spiro atoms. The lowest BCUT2D eigenvalue weighted by molar-refractivity contribution is -0.156. The summed E-state index contributed by atoms with van der Waals surface area (Å²) in [6.45, 7) is 0. The maximum atomic E-state index is 12.4. The molecule has 2 nitrogen and oxygen atoms in total. The highest BCUT2D eigenvalue weighted by Crippen LogP contribution is 2.32. The summed E-state index contributed by atoms with van der Waals surface area (Å²) in [6.07, 6.45) is -2.97. The van der Waals surface area contributed by atoms with Gasteiger partial charge in [-0.15, -0.1) is 0 Å². The average Bonchev–Trinajstić information content (AvgIpc) is 2.02. The van der Waals surface area contributed by atoms with Crippen LogP contribution in [0.4, 0.5) is 13.2 Å². The summed E-state index contributed by atoms with van der Waals surface area (Å²) in [7, 11) is 1.27. The molecule has 6 heteroatoms. The van der Waals surface area contributed by atoms with Gasteiger partial charge in [0, 0.05) is 6.20 Å². The van der Waals surface area contributed by atoms with Crippen molar-refractivity contribution in [2.24, 2.45) is 0 Å². The summed E-state index contributed by atoms with van der Waals surface area (Å²) in [4.78, 5) is 3.76. The fourth-order valence-corrected chi connectivity index (χ4v) is 1.50. The summed E-state index contributed by atoms with van der Waals surface area (Å²) in [5.41, 5.74) is 0.141. The van der Waals surface area contributed by atoms with Crippen LogP contribution in [0.1, 0.15) is 11.6 Å². The van der Waals surface area contributed by atoms with Crippen molar-refractivity contribution >= 4 is 15.9 Å². The zero-order chi connectivity index (χ0) is 10.8. The Morgan fingerprint density at radius 3 is 2.57 bits per heavy atom. The molecule has 14 heavy (non-hydrogen) atoms. The van der Waals surface area contributed by atoms with E-state index in [4.69, 9.17) is 0 Å². The summed E-state index contributed by atoms with van der Waals surface area (Å²) >= 11 is 3.02. The number of hydrogen-bond acceptors (Lipinski definition) is 2. The van der Waals surface area contributed by atoms with Crippen LogP contribution in [0, 0.1) is 0 Å². The quantitative estimate of drug-likeness (QED) is 0.835. The number of pyridine rings is 1. The number of aromatic nitrogens is 1. The molecule has 0 aromatic carbocycles. The molecule has 0 amide bonds. The molecule has 0 radical (unpaired) electrons. The standard InChI is InChI=1S/C8H8BrF3N2/c1-13-7(8(10,11)12)5-2-3-14-6(9)4-5/h2-4,7,13H,1H3. The lowest BCUT2D eigenvalue weighted by Gasteiger charge is -2.19. The van der Waals surface area contributed by atoms with Crippen molar-refractivity contribution in [1.29, 1.82) is 0 Å². The van der Waals surface area contributed by atoms with Gasteiger partial charge >= 0.3 is 6.18 Å². The predicted molar refractivity (Wildman–Crippen MR) is 49.8 cm³/mol. The number of rotatable bonds is 2. The van der Waals surface area contributed by atoms with Gasteiger partial charge in [0.2, 0.25) is 0 Å². The molecule has 0 aliphatic rings. The minimum Gasteiger partial charge on any atom is -0.306 e. The van der Waals surface area contributed by atoms with Crippen LogP contribution >= 0.6 is 15.9 Å². The van der Waals surface area contributed by atoms with Crippen molar-refractivity contribution in [3.05, 3.63) is 28.5 Å². The highest BCUT2D eigenvalue weighted by atomic mass is 79.9. The van der Waals surface area contributed by atoms with Gasteiger partial charge in [-0.3, -0.25) is 0 Å². The van der Waals surface area contributed by atoms with Crippen molar-refractivity contribution in [3.63, 3.8) is 0 Å².